The Kier molecular flexibility index (Phi) is 9.18. The molecular formula is C33H38F2N6O5S. The maximum absolute atomic E-state index is 15.1. The van der Waals surface area contributed by atoms with Gasteiger partial charge in [-0.05, 0) is 69.7 Å². The predicted molar refractivity (Wildman–Crippen MR) is 170 cm³/mol. The molecule has 47 heavy (non-hydrogen) atoms. The van der Waals surface area contributed by atoms with E-state index in [0.29, 0.717) is 42.6 Å². The molecule has 3 aliphatic heterocycles. The molecule has 0 spiro atoms. The number of rotatable bonds is 8. The fraction of sp³-hybridized carbons (Fsp3) is 0.424. The molecule has 4 heterocycles. The van der Waals surface area contributed by atoms with Crippen molar-refractivity contribution < 1.29 is 31.5 Å². The van der Waals surface area contributed by atoms with E-state index in [9.17, 15) is 22.4 Å². The number of nitrogens with zero attached hydrogens (tertiary/aromatic N) is 5. The number of fused-ring (bicyclic) bond motifs is 1. The van der Waals surface area contributed by atoms with Crippen LogP contribution in [0.15, 0.2) is 65.7 Å². The highest BCUT2D eigenvalue weighted by molar-refractivity contribution is 7.93. The maximum atomic E-state index is 15.1. The van der Waals surface area contributed by atoms with E-state index in [2.05, 4.69) is 27.0 Å². The molecule has 1 aromatic heterocycles. The molecule has 1 atom stereocenters. The van der Waals surface area contributed by atoms with Crippen LogP contribution in [-0.4, -0.2) is 98.5 Å². The minimum Gasteiger partial charge on any atom is -0.478 e. The number of piperazine rings is 1. The summed E-state index contributed by atoms with van der Waals surface area (Å²) in [6.45, 7) is 8.99. The molecule has 3 amide bonds. The van der Waals surface area contributed by atoms with Crippen LogP contribution in [0.5, 0.6) is 5.88 Å². The van der Waals surface area contributed by atoms with Crippen LogP contribution >= 0.6 is 0 Å². The van der Waals surface area contributed by atoms with Crippen LogP contribution < -0.4 is 14.4 Å². The summed E-state index contributed by atoms with van der Waals surface area (Å²) in [4.78, 5) is 39.3. The quantitative estimate of drug-likeness (QED) is 0.388. The van der Waals surface area contributed by atoms with E-state index in [1.54, 1.807) is 17.9 Å². The maximum Gasteiger partial charge on any atom is 0.318 e. The number of carbonyl (C=O) groups excluding carboxylic acids is 2. The highest BCUT2D eigenvalue weighted by atomic mass is 32.2. The molecule has 3 aromatic rings. The van der Waals surface area contributed by atoms with Crippen LogP contribution in [0.25, 0.3) is 0 Å². The number of hydrogen-bond acceptors (Lipinski definition) is 8. The molecule has 2 saturated heterocycles. The Morgan fingerprint density at radius 2 is 1.64 bits per heavy atom. The monoisotopic (exact) mass is 668 g/mol. The molecular weight excluding hydrogens is 630 g/mol. The number of sulfonamides is 1. The largest absolute Gasteiger partial charge is 0.478 e. The minimum atomic E-state index is -4.66. The van der Waals surface area contributed by atoms with Gasteiger partial charge in [-0.25, -0.2) is 27.0 Å². The zero-order valence-electron chi connectivity index (χ0n) is 26.4. The summed E-state index contributed by atoms with van der Waals surface area (Å²) in [5.74, 6) is -3.89. The lowest BCUT2D eigenvalue weighted by Gasteiger charge is -2.43. The van der Waals surface area contributed by atoms with Crippen LogP contribution in [0.3, 0.4) is 0 Å². The number of anilines is 1. The first-order valence-corrected chi connectivity index (χ1v) is 17.3. The number of urea groups is 1. The summed E-state index contributed by atoms with van der Waals surface area (Å²) >= 11 is 0. The van der Waals surface area contributed by atoms with Gasteiger partial charge in [-0.2, -0.15) is 4.31 Å². The number of pyridine rings is 1. The smallest absolute Gasteiger partial charge is 0.318 e. The lowest BCUT2D eigenvalue weighted by atomic mass is 9.84. The standard InChI is InChI=1S/C33H38F2N6O5S/c1-3-38-15-12-23(13-16-38)39-17-19-40(20-18-39)32(43)37-33(25-11-8-14-36-30(25)46-4-2)26-21-27(34)28(35)22-29(26)41(31(33)42)47(44,45)24-9-6-5-7-10-24/h5-11,14,21-23H,3-4,12-13,15-20H2,1-2H3,(H,37,43). The third-order valence-electron chi connectivity index (χ3n) is 9.32. The number of hydrogen-bond donors (Lipinski definition) is 1. The first-order chi connectivity index (χ1) is 22.6. The molecule has 0 bridgehead atoms. The average molecular weight is 669 g/mol. The number of nitrogens with one attached hydrogen (secondary N) is 1. The van der Waals surface area contributed by atoms with Crippen molar-refractivity contribution in [3.05, 3.63) is 83.6 Å². The fourth-order valence-corrected chi connectivity index (χ4v) is 8.30. The second-order valence-corrected chi connectivity index (χ2v) is 13.6. The average Bonchev–Trinajstić information content (AvgIpc) is 3.32. The summed E-state index contributed by atoms with van der Waals surface area (Å²) in [6, 6.07) is 11.3. The molecule has 11 nitrogen and oxygen atoms in total. The molecule has 1 unspecified atom stereocenters. The zero-order chi connectivity index (χ0) is 33.3. The Balaban J connectivity index is 1.40. The molecule has 0 saturated carbocycles. The minimum absolute atomic E-state index is 0.0143. The number of ether oxygens (including phenoxy) is 1. The molecule has 6 rings (SSSR count). The highest BCUT2D eigenvalue weighted by Crippen LogP contribution is 2.49. The van der Waals surface area contributed by atoms with Crippen LogP contribution in [-0.2, 0) is 20.4 Å². The summed E-state index contributed by atoms with van der Waals surface area (Å²) in [6.07, 6.45) is 3.51. The van der Waals surface area contributed by atoms with E-state index in [4.69, 9.17) is 4.74 Å². The van der Waals surface area contributed by atoms with E-state index < -0.39 is 44.8 Å². The lowest BCUT2D eigenvalue weighted by molar-refractivity contribution is -0.121. The van der Waals surface area contributed by atoms with Crippen molar-refractivity contribution in [3.63, 3.8) is 0 Å². The van der Waals surface area contributed by atoms with Gasteiger partial charge in [-0.1, -0.05) is 25.1 Å². The first-order valence-electron chi connectivity index (χ1n) is 15.9. The predicted octanol–water partition coefficient (Wildman–Crippen LogP) is 3.55. The second-order valence-electron chi connectivity index (χ2n) is 11.8. The number of halogens is 2. The van der Waals surface area contributed by atoms with Crippen LogP contribution in [0.1, 0.15) is 37.8 Å². The Hall–Kier alpha value is -4.14. The Labute approximate surface area is 273 Å². The van der Waals surface area contributed by atoms with Gasteiger partial charge in [0, 0.05) is 50.0 Å². The summed E-state index contributed by atoms with van der Waals surface area (Å²) in [7, 11) is -4.66. The molecule has 3 aliphatic rings. The Bertz CT molecular complexity index is 1750. The van der Waals surface area contributed by atoms with Crippen molar-refractivity contribution >= 4 is 27.6 Å². The molecule has 1 N–H and O–H groups in total. The zero-order valence-corrected chi connectivity index (χ0v) is 27.2. The lowest BCUT2D eigenvalue weighted by Crippen LogP contribution is -2.61. The van der Waals surface area contributed by atoms with Crippen molar-refractivity contribution in [2.45, 2.75) is 43.2 Å². The SMILES string of the molecule is CCOc1ncccc1C1(NC(=O)N2CCN(C3CCN(CC)CC3)CC2)C(=O)N(S(=O)(=O)c2ccccc2)c2cc(F)c(F)cc21. The summed E-state index contributed by atoms with van der Waals surface area (Å²) < 4.78 is 64.2. The van der Waals surface area contributed by atoms with Gasteiger partial charge in [0.05, 0.1) is 22.8 Å². The Morgan fingerprint density at radius 1 is 0.957 bits per heavy atom. The number of aromatic nitrogens is 1. The molecule has 2 fully saturated rings. The third-order valence-corrected chi connectivity index (χ3v) is 11.0. The van der Waals surface area contributed by atoms with Gasteiger partial charge in [-0.15, -0.1) is 0 Å². The van der Waals surface area contributed by atoms with E-state index in [1.165, 1.54) is 42.6 Å². The van der Waals surface area contributed by atoms with E-state index in [-0.39, 0.29) is 28.5 Å². The van der Waals surface area contributed by atoms with Gasteiger partial charge in [0.25, 0.3) is 15.9 Å². The molecule has 0 aliphatic carbocycles. The van der Waals surface area contributed by atoms with Crippen LogP contribution in [0, 0.1) is 11.6 Å². The second kappa shape index (κ2) is 13.2. The fourth-order valence-electron chi connectivity index (χ4n) is 6.82. The molecule has 250 valence electrons. The summed E-state index contributed by atoms with van der Waals surface area (Å²) in [5.41, 5.74) is -3.03. The van der Waals surface area contributed by atoms with Crippen LogP contribution in [0.4, 0.5) is 19.3 Å². The van der Waals surface area contributed by atoms with Crippen molar-refractivity contribution in [2.24, 2.45) is 0 Å². The van der Waals surface area contributed by atoms with Crippen LogP contribution in [0.2, 0.25) is 0 Å². The number of piperidine rings is 1. The van der Waals surface area contributed by atoms with Crippen molar-refractivity contribution in [3.8, 4) is 5.88 Å². The van der Waals surface area contributed by atoms with Crippen molar-refractivity contribution in [1.29, 1.82) is 0 Å². The van der Waals surface area contributed by atoms with Gasteiger partial charge in [0.15, 0.2) is 17.2 Å². The summed E-state index contributed by atoms with van der Waals surface area (Å²) in [5, 5.41) is 2.79. The van der Waals surface area contributed by atoms with Gasteiger partial charge < -0.3 is 19.9 Å². The first kappa shape index (κ1) is 32.8. The van der Waals surface area contributed by atoms with Gasteiger partial charge >= 0.3 is 6.03 Å². The number of benzene rings is 2. The Morgan fingerprint density at radius 3 is 2.30 bits per heavy atom. The van der Waals surface area contributed by atoms with Crippen molar-refractivity contribution in [2.75, 3.05) is 56.7 Å². The normalized spacial score (nSPS) is 21.1. The number of likely N-dealkylation sites (tertiary alicyclic amines) is 1. The third kappa shape index (κ3) is 5.82. The van der Waals surface area contributed by atoms with E-state index in [0.717, 1.165) is 38.5 Å². The van der Waals surface area contributed by atoms with E-state index >= 15 is 4.39 Å². The molecule has 2 aromatic carbocycles. The molecule has 14 heteroatoms. The highest BCUT2D eigenvalue weighted by Gasteiger charge is 2.59. The van der Waals surface area contributed by atoms with E-state index in [1.807, 2.05) is 0 Å². The number of carbonyl (C=O) groups is 2. The molecule has 0 radical (unpaired) electrons. The van der Waals surface area contributed by atoms with Gasteiger partial charge in [-0.3, -0.25) is 9.69 Å². The van der Waals surface area contributed by atoms with Gasteiger partial charge in [0.2, 0.25) is 5.88 Å². The number of amides is 3. The topological polar surface area (TPSA) is 115 Å². The van der Waals surface area contributed by atoms with Gasteiger partial charge in [0.1, 0.15) is 0 Å². The van der Waals surface area contributed by atoms with Crippen molar-refractivity contribution in [1.82, 2.24) is 25.0 Å².